The van der Waals surface area contributed by atoms with Gasteiger partial charge in [-0.05, 0) is 30.4 Å². The third kappa shape index (κ3) is 4.33. The summed E-state index contributed by atoms with van der Waals surface area (Å²) in [5.41, 5.74) is 2.70. The Morgan fingerprint density at radius 3 is 2.70 bits per heavy atom. The van der Waals surface area contributed by atoms with Crippen LogP contribution < -0.4 is 5.32 Å². The highest BCUT2D eigenvalue weighted by atomic mass is 16.3. The van der Waals surface area contributed by atoms with Crippen LogP contribution in [-0.4, -0.2) is 41.7 Å². The second kappa shape index (κ2) is 8.46. The van der Waals surface area contributed by atoms with Gasteiger partial charge in [0.1, 0.15) is 0 Å². The van der Waals surface area contributed by atoms with Crippen LogP contribution in [0.5, 0.6) is 0 Å². The average molecular weight is 318 g/mol. The van der Waals surface area contributed by atoms with Crippen molar-refractivity contribution in [3.8, 4) is 0 Å². The lowest BCUT2D eigenvalue weighted by atomic mass is 9.82. The highest BCUT2D eigenvalue weighted by molar-refractivity contribution is 5.79. The average Bonchev–Trinajstić information content (AvgIpc) is 2.55. The predicted octanol–water partition coefficient (Wildman–Crippen LogP) is 2.52. The molecule has 0 saturated carbocycles. The molecule has 0 aromatic heterocycles. The fourth-order valence-electron chi connectivity index (χ4n) is 3.61. The van der Waals surface area contributed by atoms with Crippen LogP contribution >= 0.6 is 0 Å². The van der Waals surface area contributed by atoms with Crippen LogP contribution in [0.15, 0.2) is 24.3 Å². The van der Waals surface area contributed by atoms with E-state index in [1.807, 2.05) is 0 Å². The largest absolute Gasteiger partial charge is 0.392 e. The van der Waals surface area contributed by atoms with E-state index in [-0.39, 0.29) is 11.9 Å². The number of benzene rings is 1. The lowest BCUT2D eigenvalue weighted by molar-refractivity contribution is -0.134. The van der Waals surface area contributed by atoms with Crippen LogP contribution in [0.2, 0.25) is 0 Å². The van der Waals surface area contributed by atoms with Crippen molar-refractivity contribution in [1.29, 1.82) is 0 Å². The number of amides is 1. The Labute approximate surface area is 139 Å². The van der Waals surface area contributed by atoms with Crippen molar-refractivity contribution in [2.45, 2.75) is 52.2 Å². The molecule has 23 heavy (non-hydrogen) atoms. The van der Waals surface area contributed by atoms with Gasteiger partial charge in [-0.25, -0.2) is 0 Å². The lowest BCUT2D eigenvalue weighted by Crippen LogP contribution is -2.47. The van der Waals surface area contributed by atoms with Gasteiger partial charge in [0.15, 0.2) is 0 Å². The molecule has 4 nitrogen and oxygen atoms in total. The van der Waals surface area contributed by atoms with Crippen LogP contribution in [0, 0.1) is 5.92 Å². The molecule has 1 aliphatic rings. The molecule has 1 aliphatic heterocycles. The zero-order valence-electron chi connectivity index (χ0n) is 14.6. The maximum atomic E-state index is 12.7. The normalized spacial score (nSPS) is 18.8. The summed E-state index contributed by atoms with van der Waals surface area (Å²) in [4.78, 5) is 14.8. The fourth-order valence-corrected chi connectivity index (χ4v) is 3.61. The monoisotopic (exact) mass is 318 g/mol. The third-order valence-electron chi connectivity index (χ3n) is 4.86. The molecule has 128 valence electrons. The summed E-state index contributed by atoms with van der Waals surface area (Å²) in [7, 11) is 0. The molecule has 1 aromatic rings. The topological polar surface area (TPSA) is 52.6 Å². The van der Waals surface area contributed by atoms with Gasteiger partial charge in [-0.3, -0.25) is 4.79 Å². The van der Waals surface area contributed by atoms with Crippen molar-refractivity contribution < 1.29 is 9.90 Å². The Morgan fingerprint density at radius 1 is 1.35 bits per heavy atom. The van der Waals surface area contributed by atoms with E-state index in [4.69, 9.17) is 0 Å². The van der Waals surface area contributed by atoms with Gasteiger partial charge in [0.2, 0.25) is 5.91 Å². The number of nitrogens with one attached hydrogen (secondary N) is 1. The van der Waals surface area contributed by atoms with Crippen LogP contribution in [0.25, 0.3) is 0 Å². The molecule has 2 N–H and O–H groups in total. The first-order chi connectivity index (χ1) is 11.1. The Bertz CT molecular complexity index is 512. The van der Waals surface area contributed by atoms with Gasteiger partial charge in [0.25, 0.3) is 0 Å². The number of carbonyl (C=O) groups excluding carboxylic acids is 1. The zero-order chi connectivity index (χ0) is 16.8. The number of hydrogen-bond donors (Lipinski definition) is 2. The fraction of sp³-hybridized carbons (Fsp3) is 0.632. The third-order valence-corrected chi connectivity index (χ3v) is 4.86. The number of hydrogen-bond acceptors (Lipinski definition) is 3. The van der Waals surface area contributed by atoms with Crippen LogP contribution in [0.3, 0.4) is 0 Å². The number of fused-ring (bicyclic) bond motifs is 1. The Kier molecular flexibility index (Phi) is 6.60. The molecular formula is C19H30N2O2. The summed E-state index contributed by atoms with van der Waals surface area (Å²) in [6.07, 6.45) is 2.63. The van der Waals surface area contributed by atoms with Crippen molar-refractivity contribution in [3.63, 3.8) is 0 Å². The van der Waals surface area contributed by atoms with Gasteiger partial charge in [-0.1, -0.05) is 51.0 Å². The minimum absolute atomic E-state index is 0.136. The number of aliphatic hydroxyl groups excluding tert-OH is 1. The van der Waals surface area contributed by atoms with Crippen LogP contribution in [0.4, 0.5) is 0 Å². The van der Waals surface area contributed by atoms with Crippen molar-refractivity contribution in [2.75, 3.05) is 19.6 Å². The predicted molar refractivity (Wildman–Crippen MR) is 93.2 cm³/mol. The summed E-state index contributed by atoms with van der Waals surface area (Å²) in [5.74, 6) is 0.620. The quantitative estimate of drug-likeness (QED) is 0.812. The van der Waals surface area contributed by atoms with Crippen molar-refractivity contribution >= 4 is 5.91 Å². The van der Waals surface area contributed by atoms with Crippen LogP contribution in [0.1, 0.15) is 50.8 Å². The Morgan fingerprint density at radius 2 is 2.04 bits per heavy atom. The second-order valence-electron chi connectivity index (χ2n) is 6.54. The van der Waals surface area contributed by atoms with E-state index >= 15 is 0 Å². The lowest BCUT2D eigenvalue weighted by Gasteiger charge is -2.41. The van der Waals surface area contributed by atoms with E-state index in [1.54, 1.807) is 6.92 Å². The summed E-state index contributed by atoms with van der Waals surface area (Å²) >= 11 is 0. The van der Waals surface area contributed by atoms with E-state index in [0.717, 1.165) is 25.8 Å². The molecule has 0 bridgehead atoms. The highest BCUT2D eigenvalue weighted by Crippen LogP contribution is 2.38. The summed E-state index contributed by atoms with van der Waals surface area (Å²) < 4.78 is 0. The van der Waals surface area contributed by atoms with Gasteiger partial charge in [-0.15, -0.1) is 0 Å². The van der Waals surface area contributed by atoms with Crippen molar-refractivity contribution in [2.24, 2.45) is 5.92 Å². The number of carbonyl (C=O) groups is 1. The van der Waals surface area contributed by atoms with Gasteiger partial charge < -0.3 is 15.3 Å². The van der Waals surface area contributed by atoms with Crippen molar-refractivity contribution in [1.82, 2.24) is 10.2 Å². The van der Waals surface area contributed by atoms with Crippen LogP contribution in [-0.2, 0) is 11.2 Å². The first kappa shape index (κ1) is 18.0. The molecule has 0 spiro atoms. The second-order valence-corrected chi connectivity index (χ2v) is 6.54. The molecule has 1 unspecified atom stereocenters. The number of rotatable bonds is 7. The SMILES string of the molecule is CCC(CC)C1c2ccccc2CCN1C(=O)CNC[C@@H](C)O. The smallest absolute Gasteiger partial charge is 0.237 e. The van der Waals surface area contributed by atoms with E-state index in [9.17, 15) is 9.90 Å². The van der Waals surface area contributed by atoms with E-state index in [2.05, 4.69) is 48.3 Å². The van der Waals surface area contributed by atoms with E-state index in [1.165, 1.54) is 11.1 Å². The minimum atomic E-state index is -0.431. The molecule has 1 aromatic carbocycles. The Balaban J connectivity index is 2.19. The maximum absolute atomic E-state index is 12.7. The molecule has 4 heteroatoms. The Hall–Kier alpha value is -1.39. The van der Waals surface area contributed by atoms with Gasteiger partial charge >= 0.3 is 0 Å². The van der Waals surface area contributed by atoms with E-state index in [0.29, 0.717) is 19.0 Å². The summed E-state index contributed by atoms with van der Waals surface area (Å²) in [5, 5.41) is 12.4. The minimum Gasteiger partial charge on any atom is -0.392 e. The highest BCUT2D eigenvalue weighted by Gasteiger charge is 2.34. The van der Waals surface area contributed by atoms with Gasteiger partial charge in [0, 0.05) is 13.1 Å². The molecule has 0 saturated heterocycles. The first-order valence-corrected chi connectivity index (χ1v) is 8.84. The van der Waals surface area contributed by atoms with E-state index < -0.39 is 6.10 Å². The molecule has 1 heterocycles. The molecule has 1 amide bonds. The number of nitrogens with zero attached hydrogens (tertiary/aromatic N) is 1. The standard InChI is InChI=1S/C19H30N2O2/c1-4-15(5-2)19-17-9-7-6-8-16(17)10-11-21(19)18(23)13-20-12-14(3)22/h6-9,14-15,19-20,22H,4-5,10-13H2,1-3H3/t14-,19?/m1/s1. The molecular weight excluding hydrogens is 288 g/mol. The number of aliphatic hydroxyl groups is 1. The first-order valence-electron chi connectivity index (χ1n) is 8.84. The molecule has 2 rings (SSSR count). The molecule has 2 atom stereocenters. The summed E-state index contributed by atoms with van der Waals surface area (Å²) in [6, 6.07) is 8.72. The van der Waals surface area contributed by atoms with Gasteiger partial charge in [0.05, 0.1) is 18.7 Å². The van der Waals surface area contributed by atoms with Gasteiger partial charge in [-0.2, -0.15) is 0 Å². The zero-order valence-corrected chi connectivity index (χ0v) is 14.6. The molecule has 0 radical (unpaired) electrons. The summed E-state index contributed by atoms with van der Waals surface area (Å²) in [6.45, 7) is 7.67. The molecule has 0 aliphatic carbocycles. The maximum Gasteiger partial charge on any atom is 0.237 e. The van der Waals surface area contributed by atoms with Crippen molar-refractivity contribution in [3.05, 3.63) is 35.4 Å². The molecule has 0 fully saturated rings.